The zero-order chi connectivity index (χ0) is 14.1. The first-order chi connectivity index (χ1) is 9.17. The Morgan fingerprint density at radius 1 is 1.37 bits per heavy atom. The van der Waals surface area contributed by atoms with Crippen LogP contribution in [0.4, 0.5) is 0 Å². The smallest absolute Gasteiger partial charge is 0.228 e. The summed E-state index contributed by atoms with van der Waals surface area (Å²) >= 11 is 0. The van der Waals surface area contributed by atoms with Crippen LogP contribution in [-0.4, -0.2) is 36.4 Å². The summed E-state index contributed by atoms with van der Waals surface area (Å²) in [5.41, 5.74) is 0. The summed E-state index contributed by atoms with van der Waals surface area (Å²) in [6.07, 6.45) is 3.67. The van der Waals surface area contributed by atoms with Crippen LogP contribution in [0.5, 0.6) is 0 Å². The SMILES string of the molecule is CCCNC(Cc1nc(CCCOC)no1)C(C)C. The summed E-state index contributed by atoms with van der Waals surface area (Å²) in [6.45, 7) is 8.35. The third-order valence-electron chi connectivity index (χ3n) is 3.11. The van der Waals surface area contributed by atoms with Gasteiger partial charge in [0.2, 0.25) is 5.89 Å². The van der Waals surface area contributed by atoms with Gasteiger partial charge in [0.25, 0.3) is 0 Å². The van der Waals surface area contributed by atoms with E-state index in [0.29, 0.717) is 12.0 Å². The van der Waals surface area contributed by atoms with Crippen LogP contribution in [0, 0.1) is 5.92 Å². The predicted octanol–water partition coefficient (Wildman–Crippen LogP) is 2.22. The number of rotatable bonds is 10. The van der Waals surface area contributed by atoms with Gasteiger partial charge in [-0.05, 0) is 25.3 Å². The molecule has 0 aliphatic rings. The minimum atomic E-state index is 0.396. The third kappa shape index (κ3) is 6.16. The highest BCUT2D eigenvalue weighted by Crippen LogP contribution is 2.10. The first-order valence-electron chi connectivity index (χ1n) is 7.21. The van der Waals surface area contributed by atoms with Crippen LogP contribution in [0.15, 0.2) is 4.52 Å². The topological polar surface area (TPSA) is 60.2 Å². The molecule has 0 amide bonds. The summed E-state index contributed by atoms with van der Waals surface area (Å²) in [5, 5.41) is 7.54. The van der Waals surface area contributed by atoms with E-state index in [1.165, 1.54) is 0 Å². The van der Waals surface area contributed by atoms with Crippen molar-refractivity contribution in [2.45, 2.75) is 52.5 Å². The molecule has 5 heteroatoms. The van der Waals surface area contributed by atoms with E-state index in [4.69, 9.17) is 9.26 Å². The molecule has 0 fully saturated rings. The van der Waals surface area contributed by atoms with Crippen molar-refractivity contribution >= 4 is 0 Å². The second-order valence-electron chi connectivity index (χ2n) is 5.21. The second-order valence-corrected chi connectivity index (χ2v) is 5.21. The Morgan fingerprint density at radius 3 is 2.79 bits per heavy atom. The quantitative estimate of drug-likeness (QED) is 0.660. The Morgan fingerprint density at radius 2 is 2.16 bits per heavy atom. The van der Waals surface area contributed by atoms with Crippen molar-refractivity contribution in [1.82, 2.24) is 15.5 Å². The van der Waals surface area contributed by atoms with E-state index in [1.54, 1.807) is 7.11 Å². The predicted molar refractivity (Wildman–Crippen MR) is 75.1 cm³/mol. The monoisotopic (exact) mass is 269 g/mol. The minimum Gasteiger partial charge on any atom is -0.385 e. The van der Waals surface area contributed by atoms with Crippen molar-refractivity contribution in [3.8, 4) is 0 Å². The van der Waals surface area contributed by atoms with Crippen LogP contribution >= 0.6 is 0 Å². The van der Waals surface area contributed by atoms with Crippen molar-refractivity contribution in [2.24, 2.45) is 5.92 Å². The Hall–Kier alpha value is -0.940. The van der Waals surface area contributed by atoms with Crippen LogP contribution in [0.3, 0.4) is 0 Å². The molecule has 0 aromatic carbocycles. The minimum absolute atomic E-state index is 0.396. The molecule has 1 heterocycles. The zero-order valence-electron chi connectivity index (χ0n) is 12.6. The average Bonchev–Trinajstić information content (AvgIpc) is 2.82. The summed E-state index contributed by atoms with van der Waals surface area (Å²) in [7, 11) is 1.70. The molecule has 1 unspecified atom stereocenters. The molecule has 110 valence electrons. The second kappa shape index (κ2) is 9.04. The van der Waals surface area contributed by atoms with Crippen LogP contribution < -0.4 is 5.32 Å². The molecule has 1 N–H and O–H groups in total. The molecule has 0 saturated heterocycles. The lowest BCUT2D eigenvalue weighted by Gasteiger charge is -2.20. The van der Waals surface area contributed by atoms with E-state index in [1.807, 2.05) is 0 Å². The molecule has 0 aliphatic carbocycles. The fraction of sp³-hybridized carbons (Fsp3) is 0.857. The van der Waals surface area contributed by atoms with Crippen molar-refractivity contribution in [2.75, 3.05) is 20.3 Å². The van der Waals surface area contributed by atoms with Gasteiger partial charge in [-0.25, -0.2) is 0 Å². The summed E-state index contributed by atoms with van der Waals surface area (Å²) in [6, 6.07) is 0.396. The number of hydrogen-bond donors (Lipinski definition) is 1. The highest BCUT2D eigenvalue weighted by atomic mass is 16.5. The van der Waals surface area contributed by atoms with Gasteiger partial charge >= 0.3 is 0 Å². The maximum atomic E-state index is 5.31. The molecule has 0 radical (unpaired) electrons. The van der Waals surface area contributed by atoms with E-state index < -0.39 is 0 Å². The van der Waals surface area contributed by atoms with Gasteiger partial charge in [0.15, 0.2) is 5.82 Å². The maximum absolute atomic E-state index is 5.31. The number of nitrogens with zero attached hydrogens (tertiary/aromatic N) is 2. The van der Waals surface area contributed by atoms with Crippen molar-refractivity contribution in [3.63, 3.8) is 0 Å². The number of nitrogens with one attached hydrogen (secondary N) is 1. The average molecular weight is 269 g/mol. The molecular formula is C14H27N3O2. The number of aryl methyl sites for hydroxylation is 1. The fourth-order valence-electron chi connectivity index (χ4n) is 1.91. The molecule has 1 atom stereocenters. The van der Waals surface area contributed by atoms with Gasteiger partial charge in [0.1, 0.15) is 0 Å². The Kier molecular flexibility index (Phi) is 7.67. The fourth-order valence-corrected chi connectivity index (χ4v) is 1.91. The molecule has 0 spiro atoms. The van der Waals surface area contributed by atoms with E-state index in [-0.39, 0.29) is 0 Å². The van der Waals surface area contributed by atoms with Crippen LogP contribution in [0.1, 0.15) is 45.3 Å². The van der Waals surface area contributed by atoms with Crippen LogP contribution in [-0.2, 0) is 17.6 Å². The van der Waals surface area contributed by atoms with Gasteiger partial charge in [-0.3, -0.25) is 0 Å². The highest BCUT2D eigenvalue weighted by Gasteiger charge is 2.17. The Bertz CT molecular complexity index is 339. The molecule has 1 rings (SSSR count). The first-order valence-corrected chi connectivity index (χ1v) is 7.21. The first kappa shape index (κ1) is 16.1. The van der Waals surface area contributed by atoms with Gasteiger partial charge < -0.3 is 14.6 Å². The van der Waals surface area contributed by atoms with Crippen molar-refractivity contribution in [1.29, 1.82) is 0 Å². The van der Waals surface area contributed by atoms with E-state index in [0.717, 1.165) is 50.6 Å². The van der Waals surface area contributed by atoms with Gasteiger partial charge in [-0.2, -0.15) is 4.98 Å². The molecule has 0 bridgehead atoms. The molecule has 0 aliphatic heterocycles. The summed E-state index contributed by atoms with van der Waals surface area (Å²) in [5.74, 6) is 2.06. The largest absolute Gasteiger partial charge is 0.385 e. The van der Waals surface area contributed by atoms with Gasteiger partial charge in [0, 0.05) is 32.6 Å². The van der Waals surface area contributed by atoms with E-state index >= 15 is 0 Å². The molecule has 19 heavy (non-hydrogen) atoms. The standard InChI is InChI=1S/C14H27N3O2/c1-5-8-15-12(11(2)3)10-14-16-13(17-19-14)7-6-9-18-4/h11-12,15H,5-10H2,1-4H3. The van der Waals surface area contributed by atoms with Crippen LogP contribution in [0.25, 0.3) is 0 Å². The van der Waals surface area contributed by atoms with Gasteiger partial charge in [-0.15, -0.1) is 0 Å². The van der Waals surface area contributed by atoms with Crippen LogP contribution in [0.2, 0.25) is 0 Å². The van der Waals surface area contributed by atoms with Gasteiger partial charge in [0.05, 0.1) is 0 Å². The van der Waals surface area contributed by atoms with Crippen molar-refractivity contribution < 1.29 is 9.26 Å². The number of hydrogen-bond acceptors (Lipinski definition) is 5. The molecule has 0 saturated carbocycles. The zero-order valence-corrected chi connectivity index (χ0v) is 12.6. The maximum Gasteiger partial charge on any atom is 0.228 e. The Labute approximate surface area is 116 Å². The number of methoxy groups -OCH3 is 1. The molecular weight excluding hydrogens is 242 g/mol. The summed E-state index contributed by atoms with van der Waals surface area (Å²) < 4.78 is 10.3. The Balaban J connectivity index is 2.45. The molecule has 5 nitrogen and oxygen atoms in total. The van der Waals surface area contributed by atoms with E-state index in [2.05, 4.69) is 36.2 Å². The van der Waals surface area contributed by atoms with E-state index in [9.17, 15) is 0 Å². The lowest BCUT2D eigenvalue weighted by molar-refractivity contribution is 0.194. The lowest BCUT2D eigenvalue weighted by atomic mass is 10.0. The number of aromatic nitrogens is 2. The highest BCUT2D eigenvalue weighted by molar-refractivity contribution is 4.90. The molecule has 1 aromatic heterocycles. The lowest BCUT2D eigenvalue weighted by Crippen LogP contribution is -2.36. The van der Waals surface area contributed by atoms with Gasteiger partial charge in [-0.1, -0.05) is 25.9 Å². The normalized spacial score (nSPS) is 13.1. The molecule has 1 aromatic rings. The summed E-state index contributed by atoms with van der Waals surface area (Å²) in [4.78, 5) is 4.44. The third-order valence-corrected chi connectivity index (χ3v) is 3.11. The van der Waals surface area contributed by atoms with Crippen molar-refractivity contribution in [3.05, 3.63) is 11.7 Å². The number of ether oxygens (including phenoxy) is 1.